The van der Waals surface area contributed by atoms with E-state index in [2.05, 4.69) is 5.32 Å². The zero-order chi connectivity index (χ0) is 13.6. The van der Waals surface area contributed by atoms with E-state index in [4.69, 9.17) is 5.11 Å². The number of rotatable bonds is 6. The standard InChI is InChI=1S/C12H23NO4S/c1-10(9-14)5-4-7-13-12(15)11-6-2-3-8-18(11,16)17/h10-11,14H,2-9H2,1H3,(H,13,15). The first kappa shape index (κ1) is 15.4. The lowest BCUT2D eigenvalue weighted by molar-refractivity contribution is -0.120. The minimum atomic E-state index is -3.23. The van der Waals surface area contributed by atoms with Gasteiger partial charge in [0, 0.05) is 13.2 Å². The molecule has 0 bridgehead atoms. The summed E-state index contributed by atoms with van der Waals surface area (Å²) in [4.78, 5) is 11.8. The topological polar surface area (TPSA) is 83.5 Å². The highest BCUT2D eigenvalue weighted by atomic mass is 32.2. The molecule has 0 aromatic heterocycles. The summed E-state index contributed by atoms with van der Waals surface area (Å²) in [5.74, 6) is -0.00114. The van der Waals surface area contributed by atoms with Crippen molar-refractivity contribution >= 4 is 15.7 Å². The van der Waals surface area contributed by atoms with E-state index in [9.17, 15) is 13.2 Å². The average Bonchev–Trinajstić information content (AvgIpc) is 2.33. The number of hydrogen-bond donors (Lipinski definition) is 2. The molecule has 6 heteroatoms. The van der Waals surface area contributed by atoms with Crippen LogP contribution in [-0.4, -0.2) is 43.6 Å². The molecule has 0 spiro atoms. The summed E-state index contributed by atoms with van der Waals surface area (Å²) in [6.45, 7) is 2.56. The Hall–Kier alpha value is -0.620. The average molecular weight is 277 g/mol. The summed E-state index contributed by atoms with van der Waals surface area (Å²) in [7, 11) is -3.23. The third-order valence-electron chi connectivity index (χ3n) is 3.36. The van der Waals surface area contributed by atoms with E-state index >= 15 is 0 Å². The minimum absolute atomic E-state index is 0.132. The highest BCUT2D eigenvalue weighted by Gasteiger charge is 2.34. The van der Waals surface area contributed by atoms with E-state index in [1.807, 2.05) is 6.92 Å². The Labute approximate surface area is 109 Å². The lowest BCUT2D eigenvalue weighted by Gasteiger charge is -2.21. The van der Waals surface area contributed by atoms with Crippen LogP contribution in [0.5, 0.6) is 0 Å². The first-order valence-electron chi connectivity index (χ1n) is 6.57. The van der Waals surface area contributed by atoms with Crippen molar-refractivity contribution < 1.29 is 18.3 Å². The molecule has 1 saturated heterocycles. The lowest BCUT2D eigenvalue weighted by Crippen LogP contribution is -2.43. The largest absolute Gasteiger partial charge is 0.396 e. The number of carbonyl (C=O) groups excluding carboxylic acids is 1. The fourth-order valence-corrected chi connectivity index (χ4v) is 3.94. The van der Waals surface area contributed by atoms with Crippen LogP contribution in [0.25, 0.3) is 0 Å². The molecule has 2 atom stereocenters. The Kier molecular flexibility index (Phi) is 6.08. The van der Waals surface area contributed by atoms with Gasteiger partial charge in [0.05, 0.1) is 5.75 Å². The van der Waals surface area contributed by atoms with Crippen LogP contribution in [0.2, 0.25) is 0 Å². The zero-order valence-corrected chi connectivity index (χ0v) is 11.7. The van der Waals surface area contributed by atoms with E-state index in [1.165, 1.54) is 0 Å². The molecule has 106 valence electrons. The number of amides is 1. The van der Waals surface area contributed by atoms with Gasteiger partial charge in [-0.15, -0.1) is 0 Å². The molecule has 1 heterocycles. The van der Waals surface area contributed by atoms with Gasteiger partial charge >= 0.3 is 0 Å². The predicted octanol–water partition coefficient (Wildman–Crippen LogP) is 0.478. The van der Waals surface area contributed by atoms with Crippen LogP contribution in [-0.2, 0) is 14.6 Å². The van der Waals surface area contributed by atoms with Gasteiger partial charge in [-0.2, -0.15) is 0 Å². The molecule has 5 nitrogen and oxygen atoms in total. The molecular weight excluding hydrogens is 254 g/mol. The second-order valence-corrected chi connectivity index (χ2v) is 7.38. The maximum absolute atomic E-state index is 11.8. The van der Waals surface area contributed by atoms with Gasteiger partial charge < -0.3 is 10.4 Å². The number of sulfone groups is 1. The molecular formula is C12H23NO4S. The molecule has 0 aliphatic carbocycles. The first-order valence-corrected chi connectivity index (χ1v) is 8.29. The summed E-state index contributed by atoms with van der Waals surface area (Å²) in [5, 5.41) is 10.7. The van der Waals surface area contributed by atoms with E-state index in [-0.39, 0.29) is 24.2 Å². The third kappa shape index (κ3) is 4.57. The van der Waals surface area contributed by atoms with Crippen molar-refractivity contribution in [3.63, 3.8) is 0 Å². The summed E-state index contributed by atoms with van der Waals surface area (Å²) >= 11 is 0. The number of aliphatic hydroxyl groups is 1. The second-order valence-electron chi connectivity index (χ2n) is 5.07. The van der Waals surface area contributed by atoms with Crippen LogP contribution in [0.3, 0.4) is 0 Å². The van der Waals surface area contributed by atoms with Crippen molar-refractivity contribution in [3.8, 4) is 0 Å². The van der Waals surface area contributed by atoms with Gasteiger partial charge in [-0.25, -0.2) is 8.42 Å². The summed E-state index contributed by atoms with van der Waals surface area (Å²) < 4.78 is 23.4. The minimum Gasteiger partial charge on any atom is -0.396 e. The summed E-state index contributed by atoms with van der Waals surface area (Å²) in [6, 6.07) is 0. The Morgan fingerprint density at radius 3 is 2.78 bits per heavy atom. The number of nitrogens with one attached hydrogen (secondary N) is 1. The van der Waals surface area contributed by atoms with Crippen LogP contribution >= 0.6 is 0 Å². The fourth-order valence-electron chi connectivity index (χ4n) is 2.12. The zero-order valence-electron chi connectivity index (χ0n) is 10.9. The maximum atomic E-state index is 11.8. The fraction of sp³-hybridized carbons (Fsp3) is 0.917. The molecule has 1 aliphatic rings. The molecule has 1 amide bonds. The lowest BCUT2D eigenvalue weighted by atomic mass is 10.1. The Bertz CT molecular complexity index is 366. The molecule has 2 N–H and O–H groups in total. The molecule has 0 aromatic rings. The predicted molar refractivity (Wildman–Crippen MR) is 69.9 cm³/mol. The molecule has 18 heavy (non-hydrogen) atoms. The highest BCUT2D eigenvalue weighted by Crippen LogP contribution is 2.19. The van der Waals surface area contributed by atoms with Gasteiger partial charge in [-0.05, 0) is 31.6 Å². The molecule has 2 unspecified atom stereocenters. The van der Waals surface area contributed by atoms with E-state index in [0.29, 0.717) is 19.4 Å². The van der Waals surface area contributed by atoms with Gasteiger partial charge in [0.2, 0.25) is 5.91 Å². The molecule has 1 aliphatic heterocycles. The van der Waals surface area contributed by atoms with Gasteiger partial charge in [-0.3, -0.25) is 4.79 Å². The Balaban J connectivity index is 2.32. The summed E-state index contributed by atoms with van der Waals surface area (Å²) in [5.41, 5.74) is 0. The number of aliphatic hydroxyl groups excluding tert-OH is 1. The van der Waals surface area contributed by atoms with Gasteiger partial charge in [0.25, 0.3) is 0 Å². The Morgan fingerprint density at radius 2 is 2.17 bits per heavy atom. The van der Waals surface area contributed by atoms with Crippen molar-refractivity contribution in [3.05, 3.63) is 0 Å². The summed E-state index contributed by atoms with van der Waals surface area (Å²) in [6.07, 6.45) is 3.51. The number of hydrogen-bond acceptors (Lipinski definition) is 4. The van der Waals surface area contributed by atoms with Crippen LogP contribution in [0.4, 0.5) is 0 Å². The van der Waals surface area contributed by atoms with E-state index in [1.54, 1.807) is 0 Å². The van der Waals surface area contributed by atoms with Crippen molar-refractivity contribution in [2.45, 2.75) is 44.3 Å². The number of carbonyl (C=O) groups is 1. The quantitative estimate of drug-likeness (QED) is 0.692. The molecule has 1 fully saturated rings. The van der Waals surface area contributed by atoms with Crippen LogP contribution in [0.15, 0.2) is 0 Å². The van der Waals surface area contributed by atoms with E-state index in [0.717, 1.165) is 19.3 Å². The normalized spacial score (nSPS) is 24.4. The SMILES string of the molecule is CC(CO)CCCNC(=O)C1CCCCS1(=O)=O. The molecule has 0 aromatic carbocycles. The van der Waals surface area contributed by atoms with Crippen molar-refractivity contribution in [2.75, 3.05) is 18.9 Å². The third-order valence-corrected chi connectivity index (χ3v) is 5.53. The Morgan fingerprint density at radius 1 is 1.44 bits per heavy atom. The van der Waals surface area contributed by atoms with Gasteiger partial charge in [0.1, 0.15) is 5.25 Å². The van der Waals surface area contributed by atoms with Crippen molar-refractivity contribution in [2.24, 2.45) is 5.92 Å². The molecule has 0 saturated carbocycles. The maximum Gasteiger partial charge on any atom is 0.238 e. The first-order chi connectivity index (χ1) is 8.47. The second kappa shape index (κ2) is 7.09. The van der Waals surface area contributed by atoms with Gasteiger partial charge in [-0.1, -0.05) is 13.3 Å². The van der Waals surface area contributed by atoms with E-state index < -0.39 is 15.1 Å². The molecule has 0 radical (unpaired) electrons. The van der Waals surface area contributed by atoms with Crippen LogP contribution < -0.4 is 5.32 Å². The van der Waals surface area contributed by atoms with Crippen molar-refractivity contribution in [1.82, 2.24) is 5.32 Å². The van der Waals surface area contributed by atoms with Crippen LogP contribution in [0, 0.1) is 5.92 Å². The highest BCUT2D eigenvalue weighted by molar-refractivity contribution is 7.92. The monoisotopic (exact) mass is 277 g/mol. The smallest absolute Gasteiger partial charge is 0.238 e. The van der Waals surface area contributed by atoms with Crippen LogP contribution in [0.1, 0.15) is 39.0 Å². The van der Waals surface area contributed by atoms with Gasteiger partial charge in [0.15, 0.2) is 9.84 Å². The molecule has 1 rings (SSSR count). The van der Waals surface area contributed by atoms with Crippen molar-refractivity contribution in [1.29, 1.82) is 0 Å².